The van der Waals surface area contributed by atoms with Gasteiger partial charge in [-0.15, -0.1) is 24.2 Å². The summed E-state index contributed by atoms with van der Waals surface area (Å²) in [6.45, 7) is 5.18. The molecule has 2 aromatic carbocycles. The Balaban J connectivity index is 0.00000225. The number of nitrogens with zero attached hydrogens (tertiary/aromatic N) is 2. The zero-order valence-corrected chi connectivity index (χ0v) is 18.5. The summed E-state index contributed by atoms with van der Waals surface area (Å²) in [5, 5.41) is 2.03. The van der Waals surface area contributed by atoms with E-state index >= 15 is 0 Å². The van der Waals surface area contributed by atoms with Crippen LogP contribution >= 0.6 is 35.8 Å². The smallest absolute Gasteiger partial charge is 0.0945 e. The van der Waals surface area contributed by atoms with Crippen LogP contribution in [0.25, 0.3) is 22.2 Å². The number of hydrogen-bond donors (Lipinski definition) is 0. The van der Waals surface area contributed by atoms with Crippen molar-refractivity contribution in [2.75, 3.05) is 6.26 Å². The molecule has 0 saturated carbocycles. The van der Waals surface area contributed by atoms with Gasteiger partial charge >= 0.3 is 0 Å². The van der Waals surface area contributed by atoms with Crippen LogP contribution in [0.1, 0.15) is 16.8 Å². The lowest BCUT2D eigenvalue weighted by Gasteiger charge is -2.12. The highest BCUT2D eigenvalue weighted by Crippen LogP contribution is 2.33. The molecule has 0 radical (unpaired) electrons. The molecule has 0 spiro atoms. The van der Waals surface area contributed by atoms with Gasteiger partial charge in [-0.2, -0.15) is 0 Å². The maximum atomic E-state index is 6.06. The third-order valence-corrected chi connectivity index (χ3v) is 6.16. The number of benzene rings is 2. The van der Waals surface area contributed by atoms with Gasteiger partial charge in [0.2, 0.25) is 0 Å². The summed E-state index contributed by atoms with van der Waals surface area (Å²) >= 11 is 7.81. The molecule has 2 aromatic heterocycles. The molecule has 2 nitrogen and oxygen atoms in total. The molecule has 0 saturated heterocycles. The van der Waals surface area contributed by atoms with Crippen LogP contribution in [0.2, 0.25) is 5.02 Å². The minimum atomic E-state index is 0. The lowest BCUT2D eigenvalue weighted by atomic mass is 10.1. The van der Waals surface area contributed by atoms with Gasteiger partial charge in [0.25, 0.3) is 0 Å². The van der Waals surface area contributed by atoms with Gasteiger partial charge in [0.15, 0.2) is 0 Å². The van der Waals surface area contributed by atoms with Gasteiger partial charge in [0.05, 0.1) is 11.2 Å². The average molecular weight is 429 g/mol. The van der Waals surface area contributed by atoms with Crippen molar-refractivity contribution in [2.24, 2.45) is 0 Å². The van der Waals surface area contributed by atoms with Crippen LogP contribution in [0.3, 0.4) is 0 Å². The number of aromatic nitrogens is 2. The van der Waals surface area contributed by atoms with Crippen molar-refractivity contribution in [3.63, 3.8) is 0 Å². The molecular formula is C23H22Cl2N2S. The Kier molecular flexibility index (Phi) is 6.39. The van der Waals surface area contributed by atoms with Crippen molar-refractivity contribution in [3.05, 3.63) is 82.6 Å². The minimum Gasteiger partial charge on any atom is -0.338 e. The van der Waals surface area contributed by atoms with Gasteiger partial charge in [0, 0.05) is 39.3 Å². The SMILES string of the molecule is CSc1ccc(-c2nccc3c(C)c(C)n(Cc4ccc(Cl)cc4)c23)cc1.Cl. The minimum absolute atomic E-state index is 0. The molecular weight excluding hydrogens is 407 g/mol. The second-order valence-corrected chi connectivity index (χ2v) is 8.02. The van der Waals surface area contributed by atoms with Gasteiger partial charge < -0.3 is 4.57 Å². The van der Waals surface area contributed by atoms with Crippen LogP contribution in [0.15, 0.2) is 65.7 Å². The van der Waals surface area contributed by atoms with Crippen molar-refractivity contribution >= 4 is 46.7 Å². The fraction of sp³-hybridized carbons (Fsp3) is 0.174. The second kappa shape index (κ2) is 8.60. The van der Waals surface area contributed by atoms with E-state index in [1.165, 1.54) is 32.6 Å². The molecule has 0 bridgehead atoms. The predicted molar refractivity (Wildman–Crippen MR) is 124 cm³/mol. The average Bonchev–Trinajstić information content (AvgIpc) is 2.95. The van der Waals surface area contributed by atoms with Crippen LogP contribution in [0.5, 0.6) is 0 Å². The summed E-state index contributed by atoms with van der Waals surface area (Å²) in [6.07, 6.45) is 4.01. The molecule has 28 heavy (non-hydrogen) atoms. The van der Waals surface area contributed by atoms with Crippen molar-refractivity contribution in [2.45, 2.75) is 25.3 Å². The molecule has 0 aliphatic rings. The molecule has 0 amide bonds. The Morgan fingerprint density at radius 1 is 0.964 bits per heavy atom. The molecule has 5 heteroatoms. The first-order valence-electron chi connectivity index (χ1n) is 8.91. The van der Waals surface area contributed by atoms with Gasteiger partial charge in [0.1, 0.15) is 0 Å². The second-order valence-electron chi connectivity index (χ2n) is 6.71. The highest BCUT2D eigenvalue weighted by molar-refractivity contribution is 7.98. The fourth-order valence-corrected chi connectivity index (χ4v) is 4.06. The van der Waals surface area contributed by atoms with E-state index in [1.54, 1.807) is 11.8 Å². The Morgan fingerprint density at radius 3 is 2.29 bits per heavy atom. The first kappa shape index (κ1) is 20.8. The highest BCUT2D eigenvalue weighted by atomic mass is 35.5. The van der Waals surface area contributed by atoms with E-state index in [0.29, 0.717) is 0 Å². The normalized spacial score (nSPS) is 10.9. The molecule has 2 heterocycles. The molecule has 0 fully saturated rings. The van der Waals surface area contributed by atoms with Crippen LogP contribution < -0.4 is 0 Å². The molecule has 4 aromatic rings. The highest BCUT2D eigenvalue weighted by Gasteiger charge is 2.16. The lowest BCUT2D eigenvalue weighted by Crippen LogP contribution is -2.03. The topological polar surface area (TPSA) is 17.8 Å². The molecule has 0 unspecified atom stereocenters. The molecule has 0 aliphatic carbocycles. The number of hydrogen-bond acceptors (Lipinski definition) is 2. The number of fused-ring (bicyclic) bond motifs is 1. The lowest BCUT2D eigenvalue weighted by molar-refractivity contribution is 0.800. The van der Waals surface area contributed by atoms with Gasteiger partial charge in [-0.25, -0.2) is 0 Å². The Morgan fingerprint density at radius 2 is 1.64 bits per heavy atom. The van der Waals surface area contributed by atoms with E-state index in [4.69, 9.17) is 16.6 Å². The van der Waals surface area contributed by atoms with Gasteiger partial charge in [-0.3, -0.25) is 4.98 Å². The van der Waals surface area contributed by atoms with E-state index in [0.717, 1.165) is 22.8 Å². The van der Waals surface area contributed by atoms with Crippen molar-refractivity contribution in [1.82, 2.24) is 9.55 Å². The molecule has 4 rings (SSSR count). The van der Waals surface area contributed by atoms with Crippen LogP contribution in [0.4, 0.5) is 0 Å². The predicted octanol–water partition coefficient (Wildman–Crippen LogP) is 7.17. The maximum Gasteiger partial charge on any atom is 0.0945 e. The third kappa shape index (κ3) is 3.80. The summed E-state index contributed by atoms with van der Waals surface area (Å²) in [4.78, 5) is 6.01. The van der Waals surface area contributed by atoms with Gasteiger partial charge in [-0.05, 0) is 61.6 Å². The van der Waals surface area contributed by atoms with E-state index in [-0.39, 0.29) is 12.4 Å². The zero-order chi connectivity index (χ0) is 19.0. The zero-order valence-electron chi connectivity index (χ0n) is 16.1. The molecule has 144 valence electrons. The maximum absolute atomic E-state index is 6.06. The van der Waals surface area contributed by atoms with Crippen molar-refractivity contribution < 1.29 is 0 Å². The first-order valence-corrected chi connectivity index (χ1v) is 10.5. The standard InChI is InChI=1S/C23H21ClN2S.ClH/c1-15-16(2)26(14-17-4-8-19(24)9-5-17)23-21(15)12-13-25-22(23)18-6-10-20(27-3)11-7-18;/h4-13H,14H2,1-3H3;1H. The Bertz CT molecular complexity index is 1100. The van der Waals surface area contributed by atoms with Crippen LogP contribution in [-0.4, -0.2) is 15.8 Å². The number of rotatable bonds is 4. The number of aryl methyl sites for hydroxylation is 1. The summed E-state index contributed by atoms with van der Waals surface area (Å²) < 4.78 is 2.37. The number of halogens is 2. The van der Waals surface area contributed by atoms with Crippen LogP contribution in [-0.2, 0) is 6.54 Å². The Labute approximate surface area is 181 Å². The summed E-state index contributed by atoms with van der Waals surface area (Å²) in [6, 6.07) is 18.8. The van der Waals surface area contributed by atoms with Gasteiger partial charge in [-0.1, -0.05) is 35.9 Å². The first-order chi connectivity index (χ1) is 13.1. The largest absolute Gasteiger partial charge is 0.338 e. The van der Waals surface area contributed by atoms with E-state index in [9.17, 15) is 0 Å². The van der Waals surface area contributed by atoms with Crippen LogP contribution in [0, 0.1) is 13.8 Å². The van der Waals surface area contributed by atoms with E-state index in [2.05, 4.69) is 67.1 Å². The monoisotopic (exact) mass is 428 g/mol. The van der Waals surface area contributed by atoms with E-state index in [1.807, 2.05) is 18.3 Å². The summed E-state index contributed by atoms with van der Waals surface area (Å²) in [5.41, 5.74) is 7.18. The van der Waals surface area contributed by atoms with E-state index < -0.39 is 0 Å². The Hall–Kier alpha value is -1.94. The molecule has 0 N–H and O–H groups in total. The van der Waals surface area contributed by atoms with Crippen molar-refractivity contribution in [3.8, 4) is 11.3 Å². The molecule has 0 atom stereocenters. The number of thioether (sulfide) groups is 1. The number of pyridine rings is 1. The summed E-state index contributed by atoms with van der Waals surface area (Å²) in [7, 11) is 0. The molecule has 0 aliphatic heterocycles. The summed E-state index contributed by atoms with van der Waals surface area (Å²) in [5.74, 6) is 0. The third-order valence-electron chi connectivity index (χ3n) is 5.16. The fourth-order valence-electron chi connectivity index (χ4n) is 3.53. The quantitative estimate of drug-likeness (QED) is 0.320. The van der Waals surface area contributed by atoms with Crippen molar-refractivity contribution in [1.29, 1.82) is 0 Å².